The van der Waals surface area contributed by atoms with Crippen molar-refractivity contribution in [2.75, 3.05) is 24.4 Å². The zero-order valence-electron chi connectivity index (χ0n) is 17.0. The minimum Gasteiger partial charge on any atom is -0.396 e. The summed E-state index contributed by atoms with van der Waals surface area (Å²) in [6, 6.07) is 6.23. The molecule has 3 N–H and O–H groups in total. The summed E-state index contributed by atoms with van der Waals surface area (Å²) < 4.78 is 3.50. The Hall–Kier alpha value is -2.81. The van der Waals surface area contributed by atoms with Crippen molar-refractivity contribution in [1.29, 1.82) is 0 Å². The summed E-state index contributed by atoms with van der Waals surface area (Å²) in [5.74, 6) is 1.96. The van der Waals surface area contributed by atoms with E-state index >= 15 is 0 Å². The topological polar surface area (TPSA) is 87.6 Å². The van der Waals surface area contributed by atoms with Crippen molar-refractivity contribution in [3.8, 4) is 0 Å². The third-order valence-corrected chi connectivity index (χ3v) is 5.65. The molecule has 0 spiro atoms. The van der Waals surface area contributed by atoms with Crippen LogP contribution in [0.15, 0.2) is 36.8 Å². The molecule has 1 aliphatic rings. The van der Waals surface area contributed by atoms with Gasteiger partial charge in [0.15, 0.2) is 5.65 Å². The van der Waals surface area contributed by atoms with Crippen molar-refractivity contribution in [1.82, 2.24) is 14.6 Å². The predicted octanol–water partition coefficient (Wildman–Crippen LogP) is -0.0913. The Morgan fingerprint density at radius 2 is 2.24 bits per heavy atom. The minimum absolute atomic E-state index is 0.213. The number of hydrogen-bond donors (Lipinski definition) is 3. The third-order valence-electron chi connectivity index (χ3n) is 5.65. The Balaban J connectivity index is 1.59. The number of pyridine rings is 1. The number of nitrogens with zero attached hydrogens (tertiary/aromatic N) is 4. The van der Waals surface area contributed by atoms with E-state index in [4.69, 9.17) is 9.82 Å². The van der Waals surface area contributed by atoms with Crippen molar-refractivity contribution in [2.45, 2.75) is 38.3 Å². The van der Waals surface area contributed by atoms with Crippen LogP contribution in [0.3, 0.4) is 0 Å². The minimum atomic E-state index is 0.213. The first-order chi connectivity index (χ1) is 14.2. The Bertz CT molecular complexity index is 979. The van der Waals surface area contributed by atoms with E-state index in [0.29, 0.717) is 6.54 Å². The van der Waals surface area contributed by atoms with Gasteiger partial charge in [-0.15, -0.1) is 0 Å². The van der Waals surface area contributed by atoms with Crippen LogP contribution in [-0.4, -0.2) is 47.3 Å². The van der Waals surface area contributed by atoms with Crippen LogP contribution in [0.2, 0.25) is 0 Å². The number of fused-ring (bicyclic) bond motifs is 1. The van der Waals surface area contributed by atoms with Gasteiger partial charge in [0.05, 0.1) is 0 Å². The van der Waals surface area contributed by atoms with E-state index in [2.05, 4.69) is 15.7 Å². The van der Waals surface area contributed by atoms with Gasteiger partial charge in [0, 0.05) is 53.7 Å². The largest absolute Gasteiger partial charge is 0.396 e. The maximum atomic E-state index is 9.73. The van der Waals surface area contributed by atoms with Crippen molar-refractivity contribution >= 4 is 30.6 Å². The molecule has 3 aromatic heterocycles. The molecule has 2 atom stereocenters. The molecule has 1 fully saturated rings. The first-order valence-electron chi connectivity index (χ1n) is 10.2. The highest BCUT2D eigenvalue weighted by molar-refractivity contribution is 6.36. The Kier molecular flexibility index (Phi) is 5.85. The quantitative estimate of drug-likeness (QED) is 0.383. The van der Waals surface area contributed by atoms with Crippen LogP contribution in [0.25, 0.3) is 5.65 Å². The second-order valence-electron chi connectivity index (χ2n) is 7.68. The fraction of sp³-hybridized carbons (Fsp3) is 0.450. The van der Waals surface area contributed by atoms with Crippen LogP contribution < -0.4 is 25.7 Å². The SMILES string of the molecule is Bc1cnn2c(NCc3ccc[n+](OC)c3)cc(N[C@@H]3CCCC[C@@H]3CO)nc12. The van der Waals surface area contributed by atoms with Gasteiger partial charge in [-0.1, -0.05) is 12.8 Å². The average molecular weight is 395 g/mol. The van der Waals surface area contributed by atoms with Gasteiger partial charge < -0.3 is 15.7 Å². The normalized spacial score (nSPS) is 19.2. The number of hydrogen-bond acceptors (Lipinski definition) is 6. The fourth-order valence-corrected chi connectivity index (χ4v) is 3.99. The molecule has 0 amide bonds. The molecule has 1 aliphatic carbocycles. The summed E-state index contributed by atoms with van der Waals surface area (Å²) in [5.41, 5.74) is 2.94. The molecule has 0 bridgehead atoms. The first-order valence-corrected chi connectivity index (χ1v) is 10.2. The molecule has 0 unspecified atom stereocenters. The molecule has 29 heavy (non-hydrogen) atoms. The van der Waals surface area contributed by atoms with Gasteiger partial charge >= 0.3 is 0 Å². The lowest BCUT2D eigenvalue weighted by molar-refractivity contribution is -0.885. The van der Waals surface area contributed by atoms with Crippen molar-refractivity contribution < 1.29 is 14.7 Å². The molecule has 0 aromatic carbocycles. The molecule has 0 aliphatic heterocycles. The molecule has 9 heteroatoms. The zero-order valence-corrected chi connectivity index (χ0v) is 17.0. The standard InChI is InChI=1S/C20H28BN6O2/c1-29-26-8-4-5-14(12-26)10-22-19-9-18(25-20-16(21)11-23-27(19)20)24-17-7-3-2-6-15(17)13-28/h4-5,8-9,11-12,15,17,22,28H,2-3,6-7,10,13,21H2,1H3,(H,24,25)/q+1/t15-,17-/m1/s1. The van der Waals surface area contributed by atoms with Crippen molar-refractivity contribution in [3.05, 3.63) is 42.4 Å². The Labute approximate surface area is 171 Å². The van der Waals surface area contributed by atoms with Crippen LogP contribution in [0.5, 0.6) is 0 Å². The number of anilines is 2. The van der Waals surface area contributed by atoms with Gasteiger partial charge in [-0.2, -0.15) is 9.61 Å². The van der Waals surface area contributed by atoms with Gasteiger partial charge in [-0.05, 0) is 24.4 Å². The van der Waals surface area contributed by atoms with Crippen LogP contribution in [0.4, 0.5) is 11.6 Å². The smallest absolute Gasteiger partial charge is 0.227 e. The molecule has 8 nitrogen and oxygen atoms in total. The van der Waals surface area contributed by atoms with Gasteiger partial charge in [-0.25, -0.2) is 4.98 Å². The lowest BCUT2D eigenvalue weighted by Gasteiger charge is -2.31. The highest BCUT2D eigenvalue weighted by atomic mass is 16.6. The van der Waals surface area contributed by atoms with Crippen LogP contribution in [0, 0.1) is 5.92 Å². The highest BCUT2D eigenvalue weighted by Crippen LogP contribution is 2.27. The van der Waals surface area contributed by atoms with E-state index in [9.17, 15) is 5.11 Å². The summed E-state index contributed by atoms with van der Waals surface area (Å²) >= 11 is 0. The van der Waals surface area contributed by atoms with E-state index in [1.54, 1.807) is 11.8 Å². The number of aliphatic hydroxyl groups is 1. The van der Waals surface area contributed by atoms with E-state index in [1.807, 2.05) is 49.2 Å². The lowest BCUT2D eigenvalue weighted by atomic mass is 9.85. The van der Waals surface area contributed by atoms with Gasteiger partial charge in [0.2, 0.25) is 12.4 Å². The Morgan fingerprint density at radius 1 is 1.38 bits per heavy atom. The first kappa shape index (κ1) is 19.5. The fourth-order valence-electron chi connectivity index (χ4n) is 3.99. The number of aromatic nitrogens is 4. The van der Waals surface area contributed by atoms with E-state index in [0.717, 1.165) is 41.2 Å². The van der Waals surface area contributed by atoms with Crippen molar-refractivity contribution in [3.63, 3.8) is 0 Å². The summed E-state index contributed by atoms with van der Waals surface area (Å²) in [5, 5.41) is 21.3. The molecular formula is C20H28BN6O2+. The van der Waals surface area contributed by atoms with Crippen LogP contribution >= 0.6 is 0 Å². The van der Waals surface area contributed by atoms with E-state index in [1.165, 1.54) is 12.8 Å². The average Bonchev–Trinajstić information content (AvgIpc) is 3.13. The summed E-state index contributed by atoms with van der Waals surface area (Å²) in [7, 11) is 3.65. The predicted molar refractivity (Wildman–Crippen MR) is 114 cm³/mol. The van der Waals surface area contributed by atoms with Crippen molar-refractivity contribution in [2.24, 2.45) is 5.92 Å². The van der Waals surface area contributed by atoms with Gasteiger partial charge in [0.1, 0.15) is 26.6 Å². The number of rotatable bonds is 7. The summed E-state index contributed by atoms with van der Waals surface area (Å²) in [4.78, 5) is 10.0. The molecule has 4 rings (SSSR count). The number of aliphatic hydroxyl groups excluding tert-OH is 1. The maximum absolute atomic E-state index is 9.73. The molecule has 152 valence electrons. The highest BCUT2D eigenvalue weighted by Gasteiger charge is 2.25. The summed E-state index contributed by atoms with van der Waals surface area (Å²) in [6.45, 7) is 0.842. The Morgan fingerprint density at radius 3 is 3.07 bits per heavy atom. The van der Waals surface area contributed by atoms with E-state index in [-0.39, 0.29) is 18.6 Å². The second kappa shape index (κ2) is 8.69. The van der Waals surface area contributed by atoms with Crippen LogP contribution in [-0.2, 0) is 6.54 Å². The lowest BCUT2D eigenvalue weighted by Crippen LogP contribution is -2.40. The molecule has 3 heterocycles. The van der Waals surface area contributed by atoms with E-state index < -0.39 is 0 Å². The zero-order chi connectivity index (χ0) is 20.2. The molecular weight excluding hydrogens is 367 g/mol. The van der Waals surface area contributed by atoms with Gasteiger partial charge in [-0.3, -0.25) is 4.84 Å². The van der Waals surface area contributed by atoms with Gasteiger partial charge in [0.25, 0.3) is 0 Å². The number of nitrogens with one attached hydrogen (secondary N) is 2. The monoisotopic (exact) mass is 395 g/mol. The second-order valence-corrected chi connectivity index (χ2v) is 7.68. The molecule has 3 aromatic rings. The van der Waals surface area contributed by atoms with Crippen LogP contribution in [0.1, 0.15) is 31.2 Å². The third kappa shape index (κ3) is 4.29. The molecule has 1 saturated carbocycles. The molecule has 0 radical (unpaired) electrons. The maximum Gasteiger partial charge on any atom is 0.227 e. The molecule has 0 saturated heterocycles. The summed E-state index contributed by atoms with van der Waals surface area (Å²) in [6.07, 6.45) is 10.1.